The summed E-state index contributed by atoms with van der Waals surface area (Å²) in [4.78, 5) is 11.4. The summed E-state index contributed by atoms with van der Waals surface area (Å²) in [7, 11) is -4.20. The van der Waals surface area contributed by atoms with Crippen LogP contribution in [-0.4, -0.2) is 38.6 Å². The van der Waals surface area contributed by atoms with Crippen LogP contribution in [0.15, 0.2) is 18.2 Å². The Morgan fingerprint density at radius 1 is 1.40 bits per heavy atom. The summed E-state index contributed by atoms with van der Waals surface area (Å²) in [6.07, 6.45) is 4.97. The minimum absolute atomic E-state index is 0.144. The Kier molecular flexibility index (Phi) is 4.70. The molecule has 136 valence electrons. The number of phenols is 1. The van der Waals surface area contributed by atoms with E-state index < -0.39 is 39.9 Å². The van der Waals surface area contributed by atoms with Crippen molar-refractivity contribution in [2.75, 3.05) is 17.4 Å². The second-order valence-electron chi connectivity index (χ2n) is 6.15. The third-order valence-electron chi connectivity index (χ3n) is 4.34. The molecular formula is C16H20FN3O4S. The van der Waals surface area contributed by atoms with Gasteiger partial charge in [0, 0.05) is 18.2 Å². The van der Waals surface area contributed by atoms with Crippen molar-refractivity contribution in [1.82, 2.24) is 10.0 Å². The van der Waals surface area contributed by atoms with Crippen molar-refractivity contribution >= 4 is 27.4 Å². The van der Waals surface area contributed by atoms with Gasteiger partial charge < -0.3 is 10.4 Å². The summed E-state index contributed by atoms with van der Waals surface area (Å²) in [5, 5.41) is 13.3. The van der Waals surface area contributed by atoms with Crippen LogP contribution >= 0.6 is 0 Å². The maximum Gasteiger partial charge on any atom is 0.326 e. The Labute approximate surface area is 145 Å². The van der Waals surface area contributed by atoms with Gasteiger partial charge in [0.15, 0.2) is 5.82 Å². The largest absolute Gasteiger partial charge is 0.506 e. The van der Waals surface area contributed by atoms with E-state index in [4.69, 9.17) is 0 Å². The number of hydrogen-bond donors (Lipinski definition) is 3. The number of amides is 1. The molecule has 7 nitrogen and oxygen atoms in total. The molecule has 0 saturated carbocycles. The fourth-order valence-electron chi connectivity index (χ4n) is 3.08. The fraction of sp³-hybridized carbons (Fsp3) is 0.438. The van der Waals surface area contributed by atoms with Crippen LogP contribution in [0.25, 0.3) is 5.57 Å². The summed E-state index contributed by atoms with van der Waals surface area (Å²) < 4.78 is 41.3. The third kappa shape index (κ3) is 3.34. The Bertz CT molecular complexity index is 838. The first-order chi connectivity index (χ1) is 11.8. The Morgan fingerprint density at radius 2 is 2.16 bits per heavy atom. The van der Waals surface area contributed by atoms with Crippen LogP contribution in [-0.2, 0) is 15.0 Å². The number of carbonyl (C=O) groups excluding carboxylic acids is 1. The minimum atomic E-state index is -4.20. The minimum Gasteiger partial charge on any atom is -0.506 e. The highest BCUT2D eigenvalue weighted by Crippen LogP contribution is 2.37. The van der Waals surface area contributed by atoms with Crippen LogP contribution in [0.2, 0.25) is 0 Å². The van der Waals surface area contributed by atoms with E-state index >= 15 is 4.39 Å². The molecule has 0 bridgehead atoms. The van der Waals surface area contributed by atoms with E-state index in [-0.39, 0.29) is 11.6 Å². The Morgan fingerprint density at radius 3 is 2.80 bits per heavy atom. The molecule has 1 atom stereocenters. The van der Waals surface area contributed by atoms with Crippen LogP contribution in [0.1, 0.15) is 31.7 Å². The van der Waals surface area contributed by atoms with Gasteiger partial charge in [-0.1, -0.05) is 25.8 Å². The first-order valence-electron chi connectivity index (χ1n) is 8.12. The smallest absolute Gasteiger partial charge is 0.326 e. The van der Waals surface area contributed by atoms with Crippen LogP contribution < -0.4 is 14.3 Å². The highest BCUT2D eigenvalue weighted by Gasteiger charge is 2.38. The number of hydrogen-bond acceptors (Lipinski definition) is 5. The number of benzene rings is 1. The maximum atomic E-state index is 15.0. The van der Waals surface area contributed by atoms with Gasteiger partial charge in [-0.15, -0.1) is 0 Å². The van der Waals surface area contributed by atoms with Crippen LogP contribution in [0.3, 0.4) is 0 Å². The zero-order chi connectivity index (χ0) is 18.2. The monoisotopic (exact) mass is 369 g/mol. The quantitative estimate of drug-likeness (QED) is 0.726. The molecule has 9 heteroatoms. The molecule has 1 unspecified atom stereocenters. The molecular weight excluding hydrogens is 349 g/mol. The highest BCUT2D eigenvalue weighted by atomic mass is 32.2. The topological polar surface area (TPSA) is 98.7 Å². The number of phenolic OH excluding ortho intramolecular Hbond substituents is 1. The van der Waals surface area contributed by atoms with Crippen molar-refractivity contribution in [2.45, 2.75) is 32.2 Å². The first kappa shape index (κ1) is 17.7. The zero-order valence-electron chi connectivity index (χ0n) is 13.8. The van der Waals surface area contributed by atoms with E-state index in [9.17, 15) is 18.3 Å². The number of nitrogens with one attached hydrogen (secondary N) is 2. The third-order valence-corrected chi connectivity index (χ3v) is 5.71. The molecule has 0 spiro atoms. The van der Waals surface area contributed by atoms with Gasteiger partial charge in [-0.3, -0.25) is 4.79 Å². The standard InChI is InChI=1S/C16H20FN3O4S/c1-2-3-4-11-7-10(8-18-11)12-5-6-13(21)16(15(12)17)20-9-14(22)19-25(20,23)24/h5-7,11,18,21H,2-4,8-9H2,1H3,(H,19,22). The Balaban J connectivity index is 1.98. The molecule has 1 amide bonds. The molecule has 1 saturated heterocycles. The average Bonchev–Trinajstić information content (AvgIpc) is 3.09. The summed E-state index contributed by atoms with van der Waals surface area (Å²) in [5.41, 5.74) is 0.415. The molecule has 2 aliphatic rings. The summed E-state index contributed by atoms with van der Waals surface area (Å²) in [5.74, 6) is -2.16. The van der Waals surface area contributed by atoms with Gasteiger partial charge in [-0.05, 0) is 24.1 Å². The van der Waals surface area contributed by atoms with Gasteiger partial charge in [-0.2, -0.15) is 8.42 Å². The van der Waals surface area contributed by atoms with Gasteiger partial charge in [0.25, 0.3) is 5.91 Å². The summed E-state index contributed by atoms with van der Waals surface area (Å²) >= 11 is 0. The number of halogens is 1. The lowest BCUT2D eigenvalue weighted by Crippen LogP contribution is -2.30. The van der Waals surface area contributed by atoms with E-state index in [0.29, 0.717) is 16.4 Å². The molecule has 2 aliphatic heterocycles. The number of nitrogens with zero attached hydrogens (tertiary/aromatic N) is 1. The van der Waals surface area contributed by atoms with Crippen molar-refractivity contribution in [1.29, 1.82) is 0 Å². The number of anilines is 1. The van der Waals surface area contributed by atoms with Crippen LogP contribution in [0, 0.1) is 5.82 Å². The van der Waals surface area contributed by atoms with E-state index in [1.165, 1.54) is 12.1 Å². The highest BCUT2D eigenvalue weighted by molar-refractivity contribution is 7.92. The van der Waals surface area contributed by atoms with Crippen molar-refractivity contribution in [2.24, 2.45) is 0 Å². The molecule has 0 radical (unpaired) electrons. The average molecular weight is 369 g/mol. The SMILES string of the molecule is CCCCC1C=C(c2ccc(O)c(N3CC(=O)NS3(=O)=O)c2F)CN1. The molecule has 0 aromatic heterocycles. The molecule has 3 N–H and O–H groups in total. The zero-order valence-corrected chi connectivity index (χ0v) is 14.6. The predicted molar refractivity (Wildman–Crippen MR) is 91.8 cm³/mol. The molecule has 3 rings (SSSR count). The first-order valence-corrected chi connectivity index (χ1v) is 9.56. The molecule has 0 aliphatic carbocycles. The summed E-state index contributed by atoms with van der Waals surface area (Å²) in [6.45, 7) is 1.99. The van der Waals surface area contributed by atoms with E-state index in [1.807, 2.05) is 6.08 Å². The molecule has 1 fully saturated rings. The number of aromatic hydroxyl groups is 1. The van der Waals surface area contributed by atoms with Gasteiger partial charge in [0.1, 0.15) is 18.0 Å². The molecule has 1 aromatic rings. The lowest BCUT2D eigenvalue weighted by Gasteiger charge is -2.18. The van der Waals surface area contributed by atoms with Crippen LogP contribution in [0.5, 0.6) is 5.75 Å². The maximum absolute atomic E-state index is 15.0. The van der Waals surface area contributed by atoms with Gasteiger partial charge in [0.2, 0.25) is 0 Å². The van der Waals surface area contributed by atoms with Crippen molar-refractivity contribution < 1.29 is 22.7 Å². The lowest BCUT2D eigenvalue weighted by atomic mass is 10.0. The van der Waals surface area contributed by atoms with Gasteiger partial charge >= 0.3 is 10.2 Å². The van der Waals surface area contributed by atoms with Crippen molar-refractivity contribution in [3.8, 4) is 5.75 Å². The summed E-state index contributed by atoms with van der Waals surface area (Å²) in [6, 6.07) is 2.80. The lowest BCUT2D eigenvalue weighted by molar-refractivity contribution is -0.117. The molecule has 1 aromatic carbocycles. The molecule has 2 heterocycles. The van der Waals surface area contributed by atoms with E-state index in [0.717, 1.165) is 19.3 Å². The van der Waals surface area contributed by atoms with Gasteiger partial charge in [-0.25, -0.2) is 13.4 Å². The number of unbranched alkanes of at least 4 members (excludes halogenated alkanes) is 1. The Hall–Kier alpha value is -2.13. The second-order valence-corrected chi connectivity index (χ2v) is 7.75. The van der Waals surface area contributed by atoms with Crippen LogP contribution in [0.4, 0.5) is 10.1 Å². The van der Waals surface area contributed by atoms with Gasteiger partial charge in [0.05, 0.1) is 0 Å². The van der Waals surface area contributed by atoms with Crippen molar-refractivity contribution in [3.63, 3.8) is 0 Å². The van der Waals surface area contributed by atoms with E-state index in [1.54, 1.807) is 4.72 Å². The second kappa shape index (κ2) is 6.64. The predicted octanol–water partition coefficient (Wildman–Crippen LogP) is 1.26. The van der Waals surface area contributed by atoms with Crippen molar-refractivity contribution in [3.05, 3.63) is 29.6 Å². The normalized spacial score (nSPS) is 22.2. The number of rotatable bonds is 5. The fourth-order valence-corrected chi connectivity index (χ4v) is 4.25. The van der Waals surface area contributed by atoms with E-state index in [2.05, 4.69) is 12.2 Å². The number of carbonyl (C=O) groups is 1. The molecule has 25 heavy (non-hydrogen) atoms.